The average Bonchev–Trinajstić information content (AvgIpc) is 2.42. The Morgan fingerprint density at radius 3 is 2.42 bits per heavy atom. The lowest BCUT2D eigenvalue weighted by Gasteiger charge is -2.03. The number of carbonyl (C=O) groups excluding carboxylic acids is 1. The van der Waals surface area contributed by atoms with Gasteiger partial charge in [-0.05, 0) is 29.7 Å². The summed E-state index contributed by atoms with van der Waals surface area (Å²) in [6.45, 7) is 3.28. The van der Waals surface area contributed by atoms with Crippen LogP contribution in [0.4, 0.5) is 4.39 Å². The zero-order valence-corrected chi connectivity index (χ0v) is 11.2. The largest absolute Gasteiger partial charge is 0.401 e. The second-order valence-corrected chi connectivity index (χ2v) is 4.33. The second-order valence-electron chi connectivity index (χ2n) is 4.33. The van der Waals surface area contributed by atoms with Crippen LogP contribution in [0.25, 0.3) is 5.57 Å². The van der Waals surface area contributed by atoms with Crippen molar-refractivity contribution in [3.05, 3.63) is 53.2 Å². The summed E-state index contributed by atoms with van der Waals surface area (Å²) in [5.74, 6) is -0.112. The van der Waals surface area contributed by atoms with Gasteiger partial charge in [-0.2, -0.15) is 0 Å². The van der Waals surface area contributed by atoms with Crippen LogP contribution in [0, 0.1) is 0 Å². The van der Waals surface area contributed by atoms with Crippen molar-refractivity contribution in [2.45, 2.75) is 20.5 Å². The molecular weight excluding hydrogens is 243 g/mol. The molecule has 0 aliphatic rings. The number of alkyl halides is 1. The molecule has 3 N–H and O–H groups in total. The third-order valence-electron chi connectivity index (χ3n) is 2.65. The summed E-state index contributed by atoms with van der Waals surface area (Å²) in [6, 6.07) is 7.27. The van der Waals surface area contributed by atoms with E-state index in [9.17, 15) is 9.18 Å². The number of amides is 1. The number of hydrogen-bond donors (Lipinski definition) is 2. The Kier molecular flexibility index (Phi) is 5.79. The van der Waals surface area contributed by atoms with E-state index in [1.807, 2.05) is 25.1 Å². The van der Waals surface area contributed by atoms with Crippen LogP contribution in [0.15, 0.2) is 42.1 Å². The van der Waals surface area contributed by atoms with Crippen LogP contribution < -0.4 is 11.1 Å². The van der Waals surface area contributed by atoms with Crippen molar-refractivity contribution in [2.75, 3.05) is 6.54 Å². The summed E-state index contributed by atoms with van der Waals surface area (Å²) in [6.07, 6.45) is 3.63. The summed E-state index contributed by atoms with van der Waals surface area (Å²) in [5, 5.41) is 2.62. The average molecular weight is 262 g/mol. The predicted octanol–water partition coefficient (Wildman–Crippen LogP) is 2.54. The maximum atomic E-state index is 12.4. The number of carbonyl (C=O) groups is 1. The fourth-order valence-electron chi connectivity index (χ4n) is 1.47. The summed E-state index contributed by atoms with van der Waals surface area (Å²) in [5.41, 5.74) is 9.03. The lowest BCUT2D eigenvalue weighted by molar-refractivity contribution is -0.118. The minimum Gasteiger partial charge on any atom is -0.401 e. The van der Waals surface area contributed by atoms with Gasteiger partial charge in [-0.15, -0.1) is 0 Å². The van der Waals surface area contributed by atoms with Gasteiger partial charge in [0.1, 0.15) is 6.67 Å². The minimum atomic E-state index is -0.452. The molecule has 1 aromatic carbocycles. The molecule has 4 heteroatoms. The quantitative estimate of drug-likeness (QED) is 0.801. The van der Waals surface area contributed by atoms with Crippen molar-refractivity contribution in [2.24, 2.45) is 5.73 Å². The molecule has 1 aromatic rings. The first kappa shape index (κ1) is 15.0. The molecule has 0 atom stereocenters. The van der Waals surface area contributed by atoms with E-state index in [1.165, 1.54) is 6.92 Å². The van der Waals surface area contributed by atoms with Crippen molar-refractivity contribution in [1.29, 1.82) is 0 Å². The van der Waals surface area contributed by atoms with Crippen LogP contribution in [-0.2, 0) is 11.5 Å². The molecule has 0 saturated heterocycles. The van der Waals surface area contributed by atoms with E-state index in [1.54, 1.807) is 18.2 Å². The number of halogens is 1. The lowest BCUT2D eigenvalue weighted by atomic mass is 10.1. The second kappa shape index (κ2) is 7.36. The zero-order valence-electron chi connectivity index (χ0n) is 11.2. The topological polar surface area (TPSA) is 55.1 Å². The Hall–Kier alpha value is -2.10. The molecule has 0 fully saturated rings. The van der Waals surface area contributed by atoms with Gasteiger partial charge in [-0.25, -0.2) is 4.39 Å². The van der Waals surface area contributed by atoms with Gasteiger partial charge in [0.25, 0.3) is 0 Å². The Balaban J connectivity index is 2.69. The van der Waals surface area contributed by atoms with E-state index >= 15 is 0 Å². The molecule has 0 heterocycles. The Morgan fingerprint density at radius 2 is 1.89 bits per heavy atom. The number of benzene rings is 1. The van der Waals surface area contributed by atoms with Gasteiger partial charge in [0.05, 0.1) is 6.54 Å². The standard InChI is InChI=1S/C15H19FN2O/c1-11(3-8-15(17)10-18-12(2)19)14-6-4-13(9-16)5-7-14/h3-8H,9-10,17H2,1-2H3,(H,18,19)/b11-3+,15-8+. The number of nitrogens with one attached hydrogen (secondary N) is 1. The molecule has 19 heavy (non-hydrogen) atoms. The summed E-state index contributed by atoms with van der Waals surface area (Å²) in [4.78, 5) is 10.7. The van der Waals surface area contributed by atoms with Gasteiger partial charge in [0.15, 0.2) is 0 Å². The normalized spacial score (nSPS) is 12.4. The Morgan fingerprint density at radius 1 is 1.26 bits per heavy atom. The van der Waals surface area contributed by atoms with Crippen LogP contribution >= 0.6 is 0 Å². The molecule has 0 radical (unpaired) electrons. The number of rotatable bonds is 5. The van der Waals surface area contributed by atoms with E-state index in [0.29, 0.717) is 17.8 Å². The molecule has 102 valence electrons. The van der Waals surface area contributed by atoms with Crippen LogP contribution in [-0.4, -0.2) is 12.5 Å². The molecule has 0 aromatic heterocycles. The van der Waals surface area contributed by atoms with Crippen molar-refractivity contribution in [1.82, 2.24) is 5.32 Å². The van der Waals surface area contributed by atoms with Gasteiger partial charge < -0.3 is 11.1 Å². The first-order valence-corrected chi connectivity index (χ1v) is 6.05. The molecule has 0 saturated carbocycles. The highest BCUT2D eigenvalue weighted by atomic mass is 19.1. The molecule has 3 nitrogen and oxygen atoms in total. The first-order chi connectivity index (χ1) is 9.02. The predicted molar refractivity (Wildman–Crippen MR) is 75.9 cm³/mol. The van der Waals surface area contributed by atoms with Crippen LogP contribution in [0.2, 0.25) is 0 Å². The SMILES string of the molecule is CC(=O)NC/C(N)=C\C=C(/C)c1ccc(CF)cc1. The maximum absolute atomic E-state index is 12.4. The van der Waals surface area contributed by atoms with Crippen molar-refractivity contribution >= 4 is 11.5 Å². The number of nitrogens with two attached hydrogens (primary N) is 1. The molecule has 0 bridgehead atoms. The highest BCUT2D eigenvalue weighted by Crippen LogP contribution is 2.15. The van der Waals surface area contributed by atoms with E-state index in [-0.39, 0.29) is 5.91 Å². The van der Waals surface area contributed by atoms with Gasteiger partial charge in [0.2, 0.25) is 5.91 Å². The van der Waals surface area contributed by atoms with E-state index in [2.05, 4.69) is 5.32 Å². The van der Waals surface area contributed by atoms with Gasteiger partial charge in [-0.1, -0.05) is 30.3 Å². The molecular formula is C15H19FN2O. The lowest BCUT2D eigenvalue weighted by Crippen LogP contribution is -2.25. The molecule has 0 aliphatic heterocycles. The highest BCUT2D eigenvalue weighted by molar-refractivity contribution is 5.73. The van der Waals surface area contributed by atoms with Crippen LogP contribution in [0.5, 0.6) is 0 Å². The molecule has 1 rings (SSSR count). The van der Waals surface area contributed by atoms with E-state index < -0.39 is 6.67 Å². The third-order valence-corrected chi connectivity index (χ3v) is 2.65. The summed E-state index contributed by atoms with van der Waals surface area (Å²) < 4.78 is 12.4. The van der Waals surface area contributed by atoms with Gasteiger partial charge in [0, 0.05) is 12.6 Å². The fourth-order valence-corrected chi connectivity index (χ4v) is 1.47. The van der Waals surface area contributed by atoms with Crippen molar-refractivity contribution < 1.29 is 9.18 Å². The first-order valence-electron chi connectivity index (χ1n) is 6.05. The smallest absolute Gasteiger partial charge is 0.217 e. The van der Waals surface area contributed by atoms with Gasteiger partial charge >= 0.3 is 0 Å². The molecule has 0 aliphatic carbocycles. The number of allylic oxidation sites excluding steroid dienone is 3. The molecule has 0 spiro atoms. The minimum absolute atomic E-state index is 0.112. The van der Waals surface area contributed by atoms with E-state index in [0.717, 1.165) is 11.1 Å². The third kappa shape index (κ3) is 5.38. The molecule has 0 unspecified atom stereocenters. The summed E-state index contributed by atoms with van der Waals surface area (Å²) in [7, 11) is 0. The Bertz CT molecular complexity index is 489. The zero-order chi connectivity index (χ0) is 14.3. The fraction of sp³-hybridized carbons (Fsp3) is 0.267. The van der Waals surface area contributed by atoms with Crippen molar-refractivity contribution in [3.63, 3.8) is 0 Å². The number of hydrogen-bond acceptors (Lipinski definition) is 2. The maximum Gasteiger partial charge on any atom is 0.217 e. The van der Waals surface area contributed by atoms with Crippen LogP contribution in [0.3, 0.4) is 0 Å². The van der Waals surface area contributed by atoms with Gasteiger partial charge in [-0.3, -0.25) is 4.79 Å². The van der Waals surface area contributed by atoms with E-state index in [4.69, 9.17) is 5.73 Å². The van der Waals surface area contributed by atoms with Crippen LogP contribution in [0.1, 0.15) is 25.0 Å². The highest BCUT2D eigenvalue weighted by Gasteiger charge is 1.96. The van der Waals surface area contributed by atoms with Crippen molar-refractivity contribution in [3.8, 4) is 0 Å². The Labute approximate surface area is 113 Å². The molecule has 1 amide bonds. The monoisotopic (exact) mass is 262 g/mol. The summed E-state index contributed by atoms with van der Waals surface area (Å²) >= 11 is 0.